The van der Waals surface area contributed by atoms with Gasteiger partial charge in [0.15, 0.2) is 11.5 Å². The minimum Gasteiger partial charge on any atom is -0.454 e. The van der Waals surface area contributed by atoms with Gasteiger partial charge in [-0.25, -0.2) is 4.63 Å². The van der Waals surface area contributed by atoms with Crippen molar-refractivity contribution >= 4 is 17.3 Å². The molecule has 1 aliphatic heterocycles. The average molecular weight is 275 g/mol. The predicted molar refractivity (Wildman–Crippen MR) is 71.7 cm³/mol. The molecule has 0 spiro atoms. The Hall–Kier alpha value is -2.77. The number of aromatic nitrogens is 2. The second-order valence-corrected chi connectivity index (χ2v) is 4.32. The second kappa shape index (κ2) is 5.08. The van der Waals surface area contributed by atoms with Crippen LogP contribution in [0, 0.1) is 0 Å². The fourth-order valence-corrected chi connectivity index (χ4v) is 1.81. The molecule has 104 valence electrons. The molecule has 0 saturated heterocycles. The van der Waals surface area contributed by atoms with E-state index in [1.54, 1.807) is 0 Å². The lowest BCUT2D eigenvalue weighted by Gasteiger charge is -2.03. The minimum atomic E-state index is 0.171. The van der Waals surface area contributed by atoms with Crippen molar-refractivity contribution in [2.75, 3.05) is 18.0 Å². The van der Waals surface area contributed by atoms with Gasteiger partial charge in [0.2, 0.25) is 18.4 Å². The summed E-state index contributed by atoms with van der Waals surface area (Å²) in [6.07, 6.45) is 0.662. The van der Waals surface area contributed by atoms with Crippen molar-refractivity contribution in [3.05, 3.63) is 23.8 Å². The van der Waals surface area contributed by atoms with Crippen LogP contribution in [0.5, 0.6) is 11.5 Å². The van der Waals surface area contributed by atoms with E-state index in [0.717, 1.165) is 22.8 Å². The van der Waals surface area contributed by atoms with E-state index in [-0.39, 0.29) is 12.6 Å². The number of benzene rings is 1. The van der Waals surface area contributed by atoms with Gasteiger partial charge in [-0.1, -0.05) is 6.07 Å². The molecule has 0 aliphatic carbocycles. The number of nitrogens with two attached hydrogens (primary N) is 1. The third-order valence-corrected chi connectivity index (χ3v) is 2.76. The molecule has 0 unspecified atom stereocenters. The Morgan fingerprint density at radius 1 is 1.35 bits per heavy atom. The van der Waals surface area contributed by atoms with Gasteiger partial charge in [0, 0.05) is 12.1 Å². The molecular formula is C12H13N5O3. The van der Waals surface area contributed by atoms with Crippen LogP contribution in [0.2, 0.25) is 0 Å². The average Bonchev–Trinajstić information content (AvgIpc) is 3.04. The largest absolute Gasteiger partial charge is 0.454 e. The second-order valence-electron chi connectivity index (χ2n) is 4.32. The summed E-state index contributed by atoms with van der Waals surface area (Å²) < 4.78 is 15.1. The van der Waals surface area contributed by atoms with Gasteiger partial charge in [0.1, 0.15) is 0 Å². The van der Waals surface area contributed by atoms with Crippen LogP contribution in [-0.4, -0.2) is 22.8 Å². The van der Waals surface area contributed by atoms with E-state index in [1.165, 1.54) is 0 Å². The zero-order valence-corrected chi connectivity index (χ0v) is 10.8. The Morgan fingerprint density at radius 2 is 2.20 bits per heavy atom. The smallest absolute Gasteiger partial charge is 0.235 e. The first kappa shape index (κ1) is 12.3. The highest BCUT2D eigenvalue weighted by molar-refractivity contribution is 5.85. The lowest BCUT2D eigenvalue weighted by atomic mass is 10.1. The molecule has 3 rings (SSSR count). The van der Waals surface area contributed by atoms with Crippen LogP contribution in [0.3, 0.4) is 0 Å². The van der Waals surface area contributed by atoms with Gasteiger partial charge < -0.3 is 15.2 Å². The Kier molecular flexibility index (Phi) is 3.12. The van der Waals surface area contributed by atoms with Gasteiger partial charge in [-0.3, -0.25) is 5.43 Å². The Bertz CT molecular complexity index is 652. The van der Waals surface area contributed by atoms with Crippen molar-refractivity contribution in [1.29, 1.82) is 0 Å². The predicted octanol–water partition coefficient (Wildman–Crippen LogP) is 1.41. The zero-order chi connectivity index (χ0) is 13.9. The molecule has 3 N–H and O–H groups in total. The van der Waals surface area contributed by atoms with Crippen molar-refractivity contribution in [3.8, 4) is 11.5 Å². The number of hydrazone groups is 1. The first-order valence-corrected chi connectivity index (χ1v) is 5.98. The van der Waals surface area contributed by atoms with Gasteiger partial charge >= 0.3 is 0 Å². The fourth-order valence-electron chi connectivity index (χ4n) is 1.81. The molecule has 1 aliphatic rings. The number of hydrogen-bond acceptors (Lipinski definition) is 8. The molecule has 0 saturated carbocycles. The zero-order valence-electron chi connectivity index (χ0n) is 10.8. The molecule has 1 aromatic heterocycles. The number of nitrogen functional groups attached to an aromatic ring is 1. The summed E-state index contributed by atoms with van der Waals surface area (Å²) in [4.78, 5) is 0. The van der Waals surface area contributed by atoms with Crippen LogP contribution in [0.15, 0.2) is 27.9 Å². The topological polar surface area (TPSA) is 108 Å². The monoisotopic (exact) mass is 275 g/mol. The number of nitrogens with one attached hydrogen (secondary N) is 1. The number of nitrogens with zero attached hydrogens (tertiary/aromatic N) is 3. The molecule has 0 radical (unpaired) electrons. The highest BCUT2D eigenvalue weighted by Gasteiger charge is 2.13. The van der Waals surface area contributed by atoms with Gasteiger partial charge in [-0.2, -0.15) is 5.10 Å². The highest BCUT2D eigenvalue weighted by Crippen LogP contribution is 2.32. The molecular weight excluding hydrogens is 262 g/mol. The maximum absolute atomic E-state index is 5.51. The fraction of sp³-hybridized carbons (Fsp3) is 0.250. The first-order valence-electron chi connectivity index (χ1n) is 5.98. The summed E-state index contributed by atoms with van der Waals surface area (Å²) in [5.41, 5.74) is 10.1. The molecule has 1 aromatic carbocycles. The van der Waals surface area contributed by atoms with Crippen LogP contribution in [0.4, 0.5) is 11.6 Å². The van der Waals surface area contributed by atoms with E-state index in [4.69, 9.17) is 15.2 Å². The van der Waals surface area contributed by atoms with Crippen molar-refractivity contribution in [2.24, 2.45) is 5.10 Å². The Balaban J connectivity index is 1.66. The number of fused-ring (bicyclic) bond motifs is 1. The summed E-state index contributed by atoms with van der Waals surface area (Å²) in [7, 11) is 0. The molecule has 0 bridgehead atoms. The highest BCUT2D eigenvalue weighted by atomic mass is 16.7. The van der Waals surface area contributed by atoms with E-state index in [0.29, 0.717) is 12.2 Å². The van der Waals surface area contributed by atoms with Crippen molar-refractivity contribution in [3.63, 3.8) is 0 Å². The van der Waals surface area contributed by atoms with Crippen LogP contribution < -0.4 is 20.6 Å². The maximum atomic E-state index is 5.51. The third-order valence-electron chi connectivity index (χ3n) is 2.76. The molecule has 8 heteroatoms. The van der Waals surface area contributed by atoms with E-state index < -0.39 is 0 Å². The molecule has 0 amide bonds. The number of anilines is 2. The Labute approximate surface area is 114 Å². The van der Waals surface area contributed by atoms with Gasteiger partial charge in [0.25, 0.3) is 0 Å². The first-order chi connectivity index (χ1) is 9.72. The summed E-state index contributed by atoms with van der Waals surface area (Å²) >= 11 is 0. The van der Waals surface area contributed by atoms with Crippen LogP contribution in [0.1, 0.15) is 12.5 Å². The van der Waals surface area contributed by atoms with Gasteiger partial charge in [-0.05, 0) is 34.9 Å². The quantitative estimate of drug-likeness (QED) is 0.641. The Morgan fingerprint density at radius 3 is 3.00 bits per heavy atom. The molecule has 20 heavy (non-hydrogen) atoms. The van der Waals surface area contributed by atoms with Crippen molar-refractivity contribution in [1.82, 2.24) is 10.3 Å². The SMILES string of the molecule is C/C(Cc1ccc2c(c1)OCO2)=N\Nc1nonc1N. The standard InChI is InChI=1S/C12H13N5O3/c1-7(14-15-12-11(13)16-20-17-12)4-8-2-3-9-10(5-8)19-6-18-9/h2-3,5H,4,6H2,1H3,(H2,13,16)(H,15,17)/b14-7+. The molecule has 0 fully saturated rings. The van der Waals surface area contributed by atoms with Gasteiger partial charge in [0.05, 0.1) is 0 Å². The normalized spacial score (nSPS) is 13.6. The molecule has 0 atom stereocenters. The molecule has 2 aromatic rings. The molecule has 2 heterocycles. The lowest BCUT2D eigenvalue weighted by molar-refractivity contribution is 0.174. The maximum Gasteiger partial charge on any atom is 0.235 e. The van der Waals surface area contributed by atoms with E-state index in [1.807, 2.05) is 25.1 Å². The number of ether oxygens (including phenoxy) is 2. The summed E-state index contributed by atoms with van der Waals surface area (Å²) in [5.74, 6) is 2.00. The van der Waals surface area contributed by atoms with Crippen molar-refractivity contribution < 1.29 is 14.1 Å². The van der Waals surface area contributed by atoms with Crippen LogP contribution in [0.25, 0.3) is 0 Å². The summed E-state index contributed by atoms with van der Waals surface area (Å²) in [6, 6.07) is 5.80. The van der Waals surface area contributed by atoms with E-state index in [2.05, 4.69) is 25.5 Å². The molecule has 8 nitrogen and oxygen atoms in total. The summed E-state index contributed by atoms with van der Waals surface area (Å²) in [5, 5.41) is 11.2. The minimum absolute atomic E-state index is 0.171. The number of rotatable bonds is 4. The van der Waals surface area contributed by atoms with Crippen LogP contribution >= 0.6 is 0 Å². The summed E-state index contributed by atoms with van der Waals surface area (Å²) in [6.45, 7) is 2.16. The third kappa shape index (κ3) is 2.48. The number of hydrogen-bond donors (Lipinski definition) is 2. The van der Waals surface area contributed by atoms with Gasteiger partial charge in [-0.15, -0.1) is 0 Å². The van der Waals surface area contributed by atoms with E-state index >= 15 is 0 Å². The van der Waals surface area contributed by atoms with E-state index in [9.17, 15) is 0 Å². The lowest BCUT2D eigenvalue weighted by Crippen LogP contribution is -2.03. The van der Waals surface area contributed by atoms with Crippen LogP contribution in [-0.2, 0) is 6.42 Å². The van der Waals surface area contributed by atoms with Crippen molar-refractivity contribution in [2.45, 2.75) is 13.3 Å².